The van der Waals surface area contributed by atoms with Crippen LogP contribution in [0.25, 0.3) is 17.4 Å². The Labute approximate surface area is 275 Å². The van der Waals surface area contributed by atoms with E-state index in [1.165, 1.54) is 18.8 Å². The second-order valence-electron chi connectivity index (χ2n) is 9.65. The lowest BCUT2D eigenvalue weighted by atomic mass is 9.95. The summed E-state index contributed by atoms with van der Waals surface area (Å²) in [6.07, 6.45) is 1.61. The lowest BCUT2D eigenvalue weighted by Gasteiger charge is -2.26. The molecule has 0 saturated carbocycles. The average Bonchev–Trinajstić information content (AvgIpc) is 3.60. The number of allylic oxidation sites excluding steroid dienone is 1. The highest BCUT2D eigenvalue weighted by atomic mass is 79.9. The molecule has 10 nitrogen and oxygen atoms in total. The first-order valence-corrected chi connectivity index (χ1v) is 15.8. The Morgan fingerprint density at radius 3 is 2.56 bits per heavy atom. The molecule has 0 fully saturated rings. The third-order valence-electron chi connectivity index (χ3n) is 6.95. The van der Waals surface area contributed by atoms with Crippen molar-refractivity contribution in [2.24, 2.45) is 4.99 Å². The fourth-order valence-electron chi connectivity index (χ4n) is 4.93. The standard InChI is InChI=1S/C32H28BrClN2O8S/c1-6-42-25-15-21(33)19(14-24(25)40-4)28-27(31(39)43-7-2)16(3)35-32-36(28)29(37)26(45-32)13-18-9-11-23(44-18)17-8-10-22(34)20(12-17)30(38)41-5/h8-15,28H,6-7H2,1-5H3/b26-13+/t28-/m1/s1. The lowest BCUT2D eigenvalue weighted by Crippen LogP contribution is -2.40. The zero-order valence-corrected chi connectivity index (χ0v) is 28.1. The number of halogens is 2. The van der Waals surface area contributed by atoms with Gasteiger partial charge in [-0.05, 0) is 68.8 Å². The smallest absolute Gasteiger partial charge is 0.339 e. The normalized spacial score (nSPS) is 14.6. The van der Waals surface area contributed by atoms with Crippen LogP contribution >= 0.6 is 38.9 Å². The molecule has 0 bridgehead atoms. The van der Waals surface area contributed by atoms with E-state index in [9.17, 15) is 14.4 Å². The molecule has 0 aliphatic carbocycles. The van der Waals surface area contributed by atoms with Crippen LogP contribution in [-0.4, -0.2) is 43.9 Å². The summed E-state index contributed by atoms with van der Waals surface area (Å²) < 4.78 is 30.0. The van der Waals surface area contributed by atoms with Gasteiger partial charge in [0.15, 0.2) is 16.3 Å². The third-order valence-corrected chi connectivity index (χ3v) is 8.95. The first kappa shape index (κ1) is 32.3. The Bertz CT molecular complexity index is 2030. The van der Waals surface area contributed by atoms with Gasteiger partial charge in [0.25, 0.3) is 5.56 Å². The average molecular weight is 716 g/mol. The molecule has 2 aromatic heterocycles. The van der Waals surface area contributed by atoms with E-state index in [0.717, 1.165) is 11.3 Å². The van der Waals surface area contributed by atoms with E-state index in [4.69, 9.17) is 35.0 Å². The van der Waals surface area contributed by atoms with Crippen molar-refractivity contribution in [1.82, 2.24) is 4.57 Å². The summed E-state index contributed by atoms with van der Waals surface area (Å²) in [6.45, 7) is 5.86. The Morgan fingerprint density at radius 2 is 1.87 bits per heavy atom. The summed E-state index contributed by atoms with van der Waals surface area (Å²) in [5, 5.41) is 0.252. The molecule has 4 aromatic rings. The van der Waals surface area contributed by atoms with Crippen molar-refractivity contribution in [2.45, 2.75) is 26.8 Å². The van der Waals surface area contributed by atoms with E-state index in [1.807, 2.05) is 6.92 Å². The monoisotopic (exact) mass is 714 g/mol. The van der Waals surface area contributed by atoms with Gasteiger partial charge in [-0.15, -0.1) is 0 Å². The maximum absolute atomic E-state index is 14.1. The SMILES string of the molecule is CCOC(=O)C1=C(C)N=c2s/c(=C/c3ccc(-c4ccc(Cl)c(C(=O)OC)c4)o3)c(=O)n2[C@@H]1c1cc(OC)c(OCC)cc1Br. The molecule has 0 unspecified atom stereocenters. The first-order valence-electron chi connectivity index (χ1n) is 13.8. The molecule has 45 heavy (non-hydrogen) atoms. The summed E-state index contributed by atoms with van der Waals surface area (Å²) in [4.78, 5) is 44.5. The van der Waals surface area contributed by atoms with Crippen LogP contribution in [0.5, 0.6) is 11.5 Å². The molecule has 0 radical (unpaired) electrons. The van der Waals surface area contributed by atoms with Crippen molar-refractivity contribution < 1.29 is 33.0 Å². The number of hydrogen-bond acceptors (Lipinski definition) is 10. The molecule has 3 heterocycles. The van der Waals surface area contributed by atoms with Crippen LogP contribution in [0.4, 0.5) is 0 Å². The Balaban J connectivity index is 1.65. The largest absolute Gasteiger partial charge is 0.493 e. The number of hydrogen-bond donors (Lipinski definition) is 0. The summed E-state index contributed by atoms with van der Waals surface area (Å²) in [6, 6.07) is 10.9. The summed E-state index contributed by atoms with van der Waals surface area (Å²) in [5.41, 5.74) is 1.67. The fourth-order valence-corrected chi connectivity index (χ4v) is 6.69. The number of thiazole rings is 1. The van der Waals surface area contributed by atoms with Crippen molar-refractivity contribution in [1.29, 1.82) is 0 Å². The van der Waals surface area contributed by atoms with E-state index in [2.05, 4.69) is 20.9 Å². The molecular weight excluding hydrogens is 688 g/mol. The molecule has 1 aliphatic heterocycles. The van der Waals surface area contributed by atoms with Gasteiger partial charge in [0.1, 0.15) is 11.5 Å². The Hall–Kier alpha value is -4.13. The van der Waals surface area contributed by atoms with E-state index in [1.54, 1.807) is 62.4 Å². The van der Waals surface area contributed by atoms with Gasteiger partial charge in [-0.3, -0.25) is 9.36 Å². The zero-order valence-electron chi connectivity index (χ0n) is 24.9. The summed E-state index contributed by atoms with van der Waals surface area (Å²) in [5.74, 6) is 0.651. The van der Waals surface area contributed by atoms with Crippen LogP contribution in [0.3, 0.4) is 0 Å². The van der Waals surface area contributed by atoms with Crippen LogP contribution in [-0.2, 0) is 14.3 Å². The topological polar surface area (TPSA) is 119 Å². The number of furan rings is 1. The van der Waals surface area contributed by atoms with Crippen molar-refractivity contribution >= 4 is 56.9 Å². The molecule has 1 aliphatic rings. The third kappa shape index (κ3) is 6.22. The van der Waals surface area contributed by atoms with Gasteiger partial charge >= 0.3 is 11.9 Å². The van der Waals surface area contributed by atoms with Crippen LogP contribution < -0.4 is 24.4 Å². The molecule has 13 heteroatoms. The molecule has 0 spiro atoms. The Kier molecular flexibility index (Phi) is 9.66. The second-order valence-corrected chi connectivity index (χ2v) is 11.9. The Morgan fingerprint density at radius 1 is 1.09 bits per heavy atom. The minimum absolute atomic E-state index is 0.149. The molecule has 0 saturated heterocycles. The highest BCUT2D eigenvalue weighted by Gasteiger charge is 2.35. The fraction of sp³-hybridized carbons (Fsp3) is 0.250. The van der Waals surface area contributed by atoms with Crippen LogP contribution in [0.2, 0.25) is 5.02 Å². The van der Waals surface area contributed by atoms with Crippen LogP contribution in [0.1, 0.15) is 48.5 Å². The molecule has 0 N–H and O–H groups in total. The van der Waals surface area contributed by atoms with Gasteiger partial charge in [0, 0.05) is 16.1 Å². The molecule has 1 atom stereocenters. The van der Waals surface area contributed by atoms with E-state index < -0.39 is 18.0 Å². The van der Waals surface area contributed by atoms with Gasteiger partial charge in [0.2, 0.25) is 0 Å². The van der Waals surface area contributed by atoms with Crippen molar-refractivity contribution in [3.8, 4) is 22.8 Å². The molecule has 5 rings (SSSR count). The lowest BCUT2D eigenvalue weighted by molar-refractivity contribution is -0.139. The number of methoxy groups -OCH3 is 2. The minimum atomic E-state index is -0.876. The number of carbonyl (C=O) groups is 2. The molecule has 234 valence electrons. The zero-order chi connectivity index (χ0) is 32.4. The number of benzene rings is 2. The van der Waals surface area contributed by atoms with Gasteiger partial charge in [-0.2, -0.15) is 0 Å². The summed E-state index contributed by atoms with van der Waals surface area (Å²) in [7, 11) is 2.80. The van der Waals surface area contributed by atoms with E-state index >= 15 is 0 Å². The summed E-state index contributed by atoms with van der Waals surface area (Å²) >= 11 is 11.0. The maximum Gasteiger partial charge on any atom is 0.339 e. The first-order chi connectivity index (χ1) is 21.6. The number of ether oxygens (including phenoxy) is 4. The van der Waals surface area contributed by atoms with Crippen LogP contribution in [0, 0.1) is 0 Å². The second kappa shape index (κ2) is 13.5. The predicted molar refractivity (Wildman–Crippen MR) is 173 cm³/mol. The minimum Gasteiger partial charge on any atom is -0.493 e. The van der Waals surface area contributed by atoms with Gasteiger partial charge in [-0.25, -0.2) is 14.6 Å². The number of nitrogens with zero attached hydrogens (tertiary/aromatic N) is 2. The molecule has 0 amide bonds. The van der Waals surface area contributed by atoms with Crippen molar-refractivity contribution in [3.05, 3.63) is 99.8 Å². The van der Waals surface area contributed by atoms with E-state index in [-0.39, 0.29) is 28.3 Å². The predicted octanol–water partition coefficient (Wildman–Crippen LogP) is 5.67. The maximum atomic E-state index is 14.1. The number of carbonyl (C=O) groups excluding carboxylic acids is 2. The molecular formula is C32H28BrClN2O8S. The number of rotatable bonds is 9. The molecule has 2 aromatic carbocycles. The van der Waals surface area contributed by atoms with Crippen molar-refractivity contribution in [3.63, 3.8) is 0 Å². The number of esters is 2. The number of fused-ring (bicyclic) bond motifs is 1. The van der Waals surface area contributed by atoms with Gasteiger partial charge < -0.3 is 23.4 Å². The van der Waals surface area contributed by atoms with Crippen molar-refractivity contribution in [2.75, 3.05) is 27.4 Å². The van der Waals surface area contributed by atoms with Crippen LogP contribution in [0.15, 0.2) is 72.4 Å². The van der Waals surface area contributed by atoms with E-state index in [0.29, 0.717) is 60.3 Å². The highest BCUT2D eigenvalue weighted by molar-refractivity contribution is 9.10. The number of aromatic nitrogens is 1. The quantitative estimate of drug-likeness (QED) is 0.204. The highest BCUT2D eigenvalue weighted by Crippen LogP contribution is 2.41. The van der Waals surface area contributed by atoms with Gasteiger partial charge in [-0.1, -0.05) is 38.9 Å². The van der Waals surface area contributed by atoms with Gasteiger partial charge in [0.05, 0.1) is 59.9 Å².